The maximum absolute atomic E-state index is 11.7. The second-order valence-corrected chi connectivity index (χ2v) is 6.10. The fourth-order valence-corrected chi connectivity index (χ4v) is 2.40. The molecule has 1 aliphatic rings. The van der Waals surface area contributed by atoms with Gasteiger partial charge in [0.1, 0.15) is 0 Å². The van der Waals surface area contributed by atoms with Crippen LogP contribution in [0.5, 0.6) is 0 Å². The number of primary sulfonamides is 1. The van der Waals surface area contributed by atoms with E-state index in [4.69, 9.17) is 9.88 Å². The summed E-state index contributed by atoms with van der Waals surface area (Å²) < 4.78 is 27.7. The first-order valence-electron chi connectivity index (χ1n) is 5.68. The highest BCUT2D eigenvalue weighted by atomic mass is 32.2. The number of carbonyl (C=O) groups excluding carboxylic acids is 1. The molecule has 0 aromatic heterocycles. The molecule has 1 aromatic rings. The number of rotatable bonds is 4. The first-order chi connectivity index (χ1) is 8.38. The number of aryl methyl sites for hydroxylation is 1. The summed E-state index contributed by atoms with van der Waals surface area (Å²) in [5.74, 6) is -0.0380. The average Bonchev–Trinajstić information content (AvgIpc) is 3.08. The van der Waals surface area contributed by atoms with Crippen molar-refractivity contribution in [3.63, 3.8) is 0 Å². The van der Waals surface area contributed by atoms with E-state index >= 15 is 0 Å². The van der Waals surface area contributed by atoms with Crippen molar-refractivity contribution in [1.29, 1.82) is 0 Å². The van der Waals surface area contributed by atoms with E-state index in [1.165, 1.54) is 6.07 Å². The minimum atomic E-state index is -3.82. The SMILES string of the molecule is Cc1ccc(C(=O)OCC2CC2)cc1S(N)(=O)=O. The quantitative estimate of drug-likeness (QED) is 0.832. The van der Waals surface area contributed by atoms with Crippen LogP contribution in [-0.2, 0) is 14.8 Å². The Balaban J connectivity index is 2.20. The van der Waals surface area contributed by atoms with E-state index in [-0.39, 0.29) is 10.5 Å². The lowest BCUT2D eigenvalue weighted by molar-refractivity contribution is 0.0486. The largest absolute Gasteiger partial charge is 0.462 e. The highest BCUT2D eigenvalue weighted by Crippen LogP contribution is 2.29. The first kappa shape index (κ1) is 13.0. The molecule has 2 N–H and O–H groups in total. The van der Waals surface area contributed by atoms with Gasteiger partial charge in [0.25, 0.3) is 0 Å². The molecule has 1 aromatic carbocycles. The van der Waals surface area contributed by atoms with Crippen molar-refractivity contribution in [3.05, 3.63) is 29.3 Å². The van der Waals surface area contributed by atoms with Crippen molar-refractivity contribution >= 4 is 16.0 Å². The number of esters is 1. The molecule has 0 heterocycles. The van der Waals surface area contributed by atoms with Crippen LogP contribution in [0.3, 0.4) is 0 Å². The molecule has 6 heteroatoms. The van der Waals surface area contributed by atoms with Crippen LogP contribution in [0.2, 0.25) is 0 Å². The van der Waals surface area contributed by atoms with Crippen LogP contribution in [0.15, 0.2) is 23.1 Å². The maximum Gasteiger partial charge on any atom is 0.338 e. The molecule has 1 fully saturated rings. The normalized spacial score (nSPS) is 15.4. The molecule has 98 valence electrons. The van der Waals surface area contributed by atoms with Crippen molar-refractivity contribution < 1.29 is 17.9 Å². The van der Waals surface area contributed by atoms with E-state index in [2.05, 4.69) is 0 Å². The Morgan fingerprint density at radius 1 is 1.44 bits per heavy atom. The standard InChI is InChI=1S/C12H15NO4S/c1-8-2-5-10(6-11(8)18(13,15)16)12(14)17-7-9-3-4-9/h2,5-6,9H,3-4,7H2,1H3,(H2,13,15,16). The smallest absolute Gasteiger partial charge is 0.338 e. The van der Waals surface area contributed by atoms with Crippen LogP contribution >= 0.6 is 0 Å². The second kappa shape index (κ2) is 4.70. The Bertz CT molecular complexity index is 576. The molecule has 18 heavy (non-hydrogen) atoms. The van der Waals surface area contributed by atoms with Crippen molar-refractivity contribution in [1.82, 2.24) is 0 Å². The van der Waals surface area contributed by atoms with Crippen molar-refractivity contribution in [2.75, 3.05) is 6.61 Å². The lowest BCUT2D eigenvalue weighted by Crippen LogP contribution is -2.15. The van der Waals surface area contributed by atoms with E-state index in [1.54, 1.807) is 19.1 Å². The monoisotopic (exact) mass is 269 g/mol. The van der Waals surface area contributed by atoms with Crippen LogP contribution in [0, 0.1) is 12.8 Å². The fourth-order valence-electron chi connectivity index (χ4n) is 1.59. The summed E-state index contributed by atoms with van der Waals surface area (Å²) in [6.45, 7) is 2.02. The summed E-state index contributed by atoms with van der Waals surface area (Å²) >= 11 is 0. The van der Waals surface area contributed by atoms with E-state index in [0.29, 0.717) is 18.1 Å². The zero-order valence-corrected chi connectivity index (χ0v) is 10.9. The lowest BCUT2D eigenvalue weighted by Gasteiger charge is -2.07. The number of hydrogen-bond donors (Lipinski definition) is 1. The fraction of sp³-hybridized carbons (Fsp3) is 0.417. The van der Waals surface area contributed by atoms with Gasteiger partial charge in [-0.1, -0.05) is 6.07 Å². The summed E-state index contributed by atoms with van der Waals surface area (Å²) in [4.78, 5) is 11.7. The van der Waals surface area contributed by atoms with Gasteiger partial charge in [-0.15, -0.1) is 0 Å². The summed E-state index contributed by atoms with van der Waals surface area (Å²) in [5.41, 5.74) is 0.724. The van der Waals surface area contributed by atoms with Gasteiger partial charge in [-0.25, -0.2) is 18.4 Å². The molecule has 0 atom stereocenters. The zero-order valence-electron chi connectivity index (χ0n) is 10.0. The van der Waals surface area contributed by atoms with Crippen LogP contribution in [0.1, 0.15) is 28.8 Å². The number of ether oxygens (including phenoxy) is 1. The van der Waals surface area contributed by atoms with Gasteiger partial charge in [0.2, 0.25) is 10.0 Å². The Morgan fingerprint density at radius 2 is 2.11 bits per heavy atom. The molecule has 0 bridgehead atoms. The molecule has 2 rings (SSSR count). The molecule has 1 aliphatic carbocycles. The van der Waals surface area contributed by atoms with Gasteiger partial charge in [0, 0.05) is 0 Å². The van der Waals surface area contributed by atoms with E-state index in [0.717, 1.165) is 12.8 Å². The molecule has 0 amide bonds. The summed E-state index contributed by atoms with van der Waals surface area (Å²) in [6.07, 6.45) is 2.17. The Labute approximate surface area is 106 Å². The molecule has 0 aliphatic heterocycles. The number of benzene rings is 1. The summed E-state index contributed by atoms with van der Waals surface area (Å²) in [7, 11) is -3.82. The second-order valence-electron chi connectivity index (χ2n) is 4.57. The van der Waals surface area contributed by atoms with Crippen LogP contribution in [-0.4, -0.2) is 21.0 Å². The predicted molar refractivity (Wildman–Crippen MR) is 65.6 cm³/mol. The number of carbonyl (C=O) groups is 1. The molecule has 1 saturated carbocycles. The molecule has 0 saturated heterocycles. The first-order valence-corrected chi connectivity index (χ1v) is 7.23. The minimum absolute atomic E-state index is 0.0385. The molecule has 0 unspecified atom stereocenters. The highest BCUT2D eigenvalue weighted by molar-refractivity contribution is 7.89. The Morgan fingerprint density at radius 3 is 2.67 bits per heavy atom. The van der Waals surface area contributed by atoms with Gasteiger partial charge in [-0.2, -0.15) is 0 Å². The van der Waals surface area contributed by atoms with Crippen molar-refractivity contribution in [2.24, 2.45) is 11.1 Å². The molecule has 0 spiro atoms. The molecular formula is C12H15NO4S. The van der Waals surface area contributed by atoms with Gasteiger partial charge in [-0.05, 0) is 43.4 Å². The highest BCUT2D eigenvalue weighted by Gasteiger charge is 2.24. The van der Waals surface area contributed by atoms with Crippen LogP contribution in [0.4, 0.5) is 0 Å². The average molecular weight is 269 g/mol. The van der Waals surface area contributed by atoms with Crippen molar-refractivity contribution in [2.45, 2.75) is 24.7 Å². The van der Waals surface area contributed by atoms with Crippen molar-refractivity contribution in [3.8, 4) is 0 Å². The number of sulfonamides is 1. The predicted octanol–water partition coefficient (Wildman–Crippen LogP) is 1.21. The zero-order chi connectivity index (χ0) is 13.3. The lowest BCUT2D eigenvalue weighted by atomic mass is 10.1. The van der Waals surface area contributed by atoms with E-state index in [9.17, 15) is 13.2 Å². The van der Waals surface area contributed by atoms with Gasteiger partial charge in [-0.3, -0.25) is 0 Å². The van der Waals surface area contributed by atoms with Gasteiger partial charge < -0.3 is 4.74 Å². The number of nitrogens with two attached hydrogens (primary N) is 1. The van der Waals surface area contributed by atoms with Gasteiger partial charge in [0.05, 0.1) is 17.1 Å². The van der Waals surface area contributed by atoms with Gasteiger partial charge in [0.15, 0.2) is 0 Å². The summed E-state index contributed by atoms with van der Waals surface area (Å²) in [5, 5.41) is 5.08. The molecule has 5 nitrogen and oxygen atoms in total. The topological polar surface area (TPSA) is 86.5 Å². The Kier molecular flexibility index (Phi) is 3.41. The third-order valence-electron chi connectivity index (χ3n) is 2.88. The van der Waals surface area contributed by atoms with Crippen LogP contribution in [0.25, 0.3) is 0 Å². The maximum atomic E-state index is 11.7. The minimum Gasteiger partial charge on any atom is -0.462 e. The third-order valence-corrected chi connectivity index (χ3v) is 3.93. The van der Waals surface area contributed by atoms with Gasteiger partial charge >= 0.3 is 5.97 Å². The van der Waals surface area contributed by atoms with Crippen LogP contribution < -0.4 is 5.14 Å². The molecule has 0 radical (unpaired) electrons. The third kappa shape index (κ3) is 3.08. The van der Waals surface area contributed by atoms with E-state index in [1.807, 2.05) is 0 Å². The van der Waals surface area contributed by atoms with E-state index < -0.39 is 16.0 Å². The number of hydrogen-bond acceptors (Lipinski definition) is 4. The Hall–Kier alpha value is -1.40. The molecular weight excluding hydrogens is 254 g/mol. The summed E-state index contributed by atoms with van der Waals surface area (Å²) in [6, 6.07) is 4.35.